The highest BCUT2D eigenvalue weighted by molar-refractivity contribution is 7.14. The first-order valence-corrected chi connectivity index (χ1v) is 8.44. The fourth-order valence-corrected chi connectivity index (χ4v) is 2.84. The van der Waals surface area contributed by atoms with Gasteiger partial charge in [-0.1, -0.05) is 11.6 Å². The van der Waals surface area contributed by atoms with E-state index >= 15 is 0 Å². The van der Waals surface area contributed by atoms with Gasteiger partial charge in [-0.3, -0.25) is 14.9 Å². The van der Waals surface area contributed by atoms with Gasteiger partial charge >= 0.3 is 5.97 Å². The molecule has 0 bridgehead atoms. The number of hydrogen-bond donors (Lipinski definition) is 1. The van der Waals surface area contributed by atoms with E-state index in [1.165, 1.54) is 24.6 Å². The summed E-state index contributed by atoms with van der Waals surface area (Å²) in [5, 5.41) is 9.58. The number of benzene rings is 1. The minimum atomic E-state index is -0.382. The Hall–Kier alpha value is -2.71. The zero-order chi connectivity index (χ0) is 17.8. The van der Waals surface area contributed by atoms with E-state index in [1.54, 1.807) is 40.5 Å². The first kappa shape index (κ1) is 17.1. The van der Waals surface area contributed by atoms with Crippen molar-refractivity contribution >= 4 is 39.9 Å². The number of rotatable bonds is 5. The minimum Gasteiger partial charge on any atom is -0.469 e. The van der Waals surface area contributed by atoms with E-state index < -0.39 is 0 Å². The second-order valence-corrected chi connectivity index (χ2v) is 6.30. The number of ether oxygens (including phenoxy) is 1. The molecule has 1 aromatic carbocycles. The van der Waals surface area contributed by atoms with Crippen molar-refractivity contribution in [1.82, 2.24) is 14.8 Å². The maximum atomic E-state index is 12.3. The molecule has 1 N–H and O–H groups in total. The number of esters is 1. The number of carbonyl (C=O) groups is 2. The molecule has 2 heterocycles. The van der Waals surface area contributed by atoms with Crippen LogP contribution in [0.1, 0.15) is 16.1 Å². The summed E-state index contributed by atoms with van der Waals surface area (Å²) in [6.45, 7) is 0. The van der Waals surface area contributed by atoms with Crippen LogP contribution in [-0.4, -0.2) is 33.8 Å². The van der Waals surface area contributed by atoms with Gasteiger partial charge in [0.25, 0.3) is 5.91 Å². The highest BCUT2D eigenvalue weighted by Crippen LogP contribution is 2.18. The number of amides is 1. The Morgan fingerprint density at radius 1 is 1.32 bits per heavy atom. The summed E-state index contributed by atoms with van der Waals surface area (Å²) in [7, 11) is 1.32. The topological polar surface area (TPSA) is 86.1 Å². The fourth-order valence-electron chi connectivity index (χ4n) is 2.01. The van der Waals surface area contributed by atoms with Crippen molar-refractivity contribution in [2.75, 3.05) is 12.4 Å². The maximum absolute atomic E-state index is 12.3. The van der Waals surface area contributed by atoms with Crippen molar-refractivity contribution < 1.29 is 14.3 Å². The Balaban J connectivity index is 1.68. The van der Waals surface area contributed by atoms with E-state index in [0.717, 1.165) is 5.69 Å². The van der Waals surface area contributed by atoms with Crippen molar-refractivity contribution in [3.05, 3.63) is 58.3 Å². The van der Waals surface area contributed by atoms with E-state index in [4.69, 9.17) is 11.6 Å². The molecule has 0 saturated carbocycles. The Morgan fingerprint density at radius 2 is 2.08 bits per heavy atom. The monoisotopic (exact) mass is 376 g/mol. The Morgan fingerprint density at radius 3 is 2.80 bits per heavy atom. The smallest absolute Gasteiger partial charge is 0.311 e. The quantitative estimate of drug-likeness (QED) is 0.692. The van der Waals surface area contributed by atoms with Gasteiger partial charge in [0.2, 0.25) is 0 Å². The highest BCUT2D eigenvalue weighted by atomic mass is 35.5. The standard InChI is InChI=1S/C16H13ClN4O3S/c1-24-14(22)6-12-9-25-16(19-12)20-15(23)10-7-18-21(8-10)13-4-2-11(17)3-5-13/h2-5,7-9H,6H2,1H3,(H,19,20,23). The predicted molar refractivity (Wildman–Crippen MR) is 94.4 cm³/mol. The number of nitrogens with one attached hydrogen (secondary N) is 1. The van der Waals surface area contributed by atoms with Gasteiger partial charge in [-0.15, -0.1) is 11.3 Å². The van der Waals surface area contributed by atoms with Crippen LogP contribution in [0.15, 0.2) is 42.0 Å². The molecule has 0 atom stereocenters. The molecule has 3 aromatic rings. The average molecular weight is 377 g/mol. The SMILES string of the molecule is COC(=O)Cc1csc(NC(=O)c2cnn(-c3ccc(Cl)cc3)c2)n1. The molecule has 3 rings (SSSR count). The number of hydrogen-bond acceptors (Lipinski definition) is 6. The number of methoxy groups -OCH3 is 1. The second-order valence-electron chi connectivity index (χ2n) is 5.00. The van der Waals surface area contributed by atoms with Crippen LogP contribution in [0.5, 0.6) is 0 Å². The lowest BCUT2D eigenvalue weighted by Crippen LogP contribution is -2.11. The summed E-state index contributed by atoms with van der Waals surface area (Å²) in [5.74, 6) is -0.716. The molecule has 0 aliphatic heterocycles. The van der Waals surface area contributed by atoms with E-state index in [0.29, 0.717) is 21.4 Å². The summed E-state index contributed by atoms with van der Waals surface area (Å²) < 4.78 is 6.16. The highest BCUT2D eigenvalue weighted by Gasteiger charge is 2.13. The van der Waals surface area contributed by atoms with Crippen LogP contribution >= 0.6 is 22.9 Å². The molecule has 0 aliphatic rings. The molecule has 7 nitrogen and oxygen atoms in total. The lowest BCUT2D eigenvalue weighted by atomic mass is 10.3. The fraction of sp³-hybridized carbons (Fsp3) is 0.125. The second kappa shape index (κ2) is 7.45. The van der Waals surface area contributed by atoms with Crippen molar-refractivity contribution in [1.29, 1.82) is 0 Å². The van der Waals surface area contributed by atoms with Crippen LogP contribution in [0.2, 0.25) is 5.02 Å². The van der Waals surface area contributed by atoms with E-state index in [9.17, 15) is 9.59 Å². The number of anilines is 1. The summed E-state index contributed by atoms with van der Waals surface area (Å²) in [6, 6.07) is 7.10. The predicted octanol–water partition coefficient (Wildman–Crippen LogP) is 2.95. The van der Waals surface area contributed by atoms with Gasteiger partial charge in [0.1, 0.15) is 0 Å². The zero-order valence-electron chi connectivity index (χ0n) is 13.1. The number of halogens is 1. The Bertz CT molecular complexity index is 904. The molecule has 25 heavy (non-hydrogen) atoms. The van der Waals surface area contributed by atoms with Crippen molar-refractivity contribution in [3.63, 3.8) is 0 Å². The van der Waals surface area contributed by atoms with Crippen LogP contribution in [0.3, 0.4) is 0 Å². The maximum Gasteiger partial charge on any atom is 0.311 e. The molecule has 9 heteroatoms. The van der Waals surface area contributed by atoms with Gasteiger partial charge in [0, 0.05) is 16.6 Å². The Kier molecular flexibility index (Phi) is 5.11. The van der Waals surface area contributed by atoms with Gasteiger partial charge in [-0.25, -0.2) is 9.67 Å². The van der Waals surface area contributed by atoms with Crippen molar-refractivity contribution in [3.8, 4) is 5.69 Å². The third kappa shape index (κ3) is 4.23. The van der Waals surface area contributed by atoms with Crippen LogP contribution in [0, 0.1) is 0 Å². The largest absolute Gasteiger partial charge is 0.469 e. The van der Waals surface area contributed by atoms with Crippen LogP contribution in [0.4, 0.5) is 5.13 Å². The van der Waals surface area contributed by atoms with Crippen LogP contribution in [-0.2, 0) is 16.0 Å². The minimum absolute atomic E-state index is 0.0668. The number of carbonyl (C=O) groups excluding carboxylic acids is 2. The first-order chi connectivity index (χ1) is 12.0. The molecule has 0 unspecified atom stereocenters. The van der Waals surface area contributed by atoms with E-state index in [2.05, 4.69) is 20.1 Å². The number of aromatic nitrogens is 3. The lowest BCUT2D eigenvalue weighted by Gasteiger charge is -2.00. The molecular weight excluding hydrogens is 364 g/mol. The number of thiazole rings is 1. The molecule has 0 spiro atoms. The van der Waals surface area contributed by atoms with Crippen molar-refractivity contribution in [2.24, 2.45) is 0 Å². The van der Waals surface area contributed by atoms with E-state index in [1.807, 2.05) is 0 Å². The Labute approximate surface area is 152 Å². The summed E-state index contributed by atoms with van der Waals surface area (Å²) >= 11 is 7.10. The van der Waals surface area contributed by atoms with Gasteiger partial charge in [0.05, 0.1) is 36.7 Å². The molecule has 1 amide bonds. The molecular formula is C16H13ClN4O3S. The summed E-state index contributed by atoms with van der Waals surface area (Å²) in [5.41, 5.74) is 1.72. The van der Waals surface area contributed by atoms with Gasteiger partial charge in [0.15, 0.2) is 5.13 Å². The van der Waals surface area contributed by atoms with Gasteiger partial charge < -0.3 is 4.74 Å². The lowest BCUT2D eigenvalue weighted by molar-refractivity contribution is -0.139. The number of nitrogens with zero attached hydrogens (tertiary/aromatic N) is 3. The normalized spacial score (nSPS) is 10.5. The van der Waals surface area contributed by atoms with Crippen molar-refractivity contribution in [2.45, 2.75) is 6.42 Å². The summed E-state index contributed by atoms with van der Waals surface area (Å²) in [6.07, 6.45) is 3.14. The van der Waals surface area contributed by atoms with Crippen LogP contribution < -0.4 is 5.32 Å². The molecule has 128 valence electrons. The van der Waals surface area contributed by atoms with Crippen LogP contribution in [0.25, 0.3) is 5.69 Å². The van der Waals surface area contributed by atoms with Gasteiger partial charge in [-0.05, 0) is 24.3 Å². The average Bonchev–Trinajstić information content (AvgIpc) is 3.25. The third-order valence-electron chi connectivity index (χ3n) is 3.26. The summed E-state index contributed by atoms with van der Waals surface area (Å²) in [4.78, 5) is 27.7. The molecule has 0 saturated heterocycles. The van der Waals surface area contributed by atoms with E-state index in [-0.39, 0.29) is 18.3 Å². The first-order valence-electron chi connectivity index (χ1n) is 7.18. The molecule has 0 radical (unpaired) electrons. The molecule has 2 aromatic heterocycles. The molecule has 0 aliphatic carbocycles. The van der Waals surface area contributed by atoms with Gasteiger partial charge in [-0.2, -0.15) is 5.10 Å². The zero-order valence-corrected chi connectivity index (χ0v) is 14.7. The molecule has 0 fully saturated rings. The third-order valence-corrected chi connectivity index (χ3v) is 4.32.